The highest BCUT2D eigenvalue weighted by atomic mass is 19.4. The number of carbonyl (C=O) groups excluding carboxylic acids is 1. The summed E-state index contributed by atoms with van der Waals surface area (Å²) in [6, 6.07) is 14.5. The van der Waals surface area contributed by atoms with Crippen molar-refractivity contribution in [2.24, 2.45) is 4.99 Å². The van der Waals surface area contributed by atoms with Crippen molar-refractivity contribution >= 4 is 18.1 Å². The van der Waals surface area contributed by atoms with Gasteiger partial charge in [-0.15, -0.1) is 0 Å². The van der Waals surface area contributed by atoms with E-state index in [1.807, 2.05) is 5.32 Å². The van der Waals surface area contributed by atoms with Crippen LogP contribution in [0.1, 0.15) is 5.56 Å². The molecule has 0 saturated heterocycles. The number of carbonyl (C=O) groups is 1. The third-order valence-electron chi connectivity index (χ3n) is 3.51. The number of aliphatic imine (C=N–C) groups is 1. The van der Waals surface area contributed by atoms with Crippen LogP contribution in [0.2, 0.25) is 0 Å². The minimum atomic E-state index is -4.77. The van der Waals surface area contributed by atoms with E-state index >= 15 is 0 Å². The fourth-order valence-electron chi connectivity index (χ4n) is 2.35. The molecule has 0 bridgehead atoms. The van der Waals surface area contributed by atoms with Crippen LogP contribution >= 0.6 is 0 Å². The maximum absolute atomic E-state index is 13.6. The average molecular weight is 319 g/mol. The van der Waals surface area contributed by atoms with Crippen LogP contribution in [0.15, 0.2) is 65.7 Å². The zero-order valence-electron chi connectivity index (χ0n) is 11.8. The molecule has 0 fully saturated rings. The standard InChI is InChI=1S/C16H12F3N3O/c17-16(18,19)15(12-7-3-1-4-8-12)20-11-22(14(23)21-15)13-9-5-2-6-10-13/h1-11H,(H,21,23). The van der Waals surface area contributed by atoms with Gasteiger partial charge in [-0.25, -0.2) is 9.79 Å². The van der Waals surface area contributed by atoms with Crippen molar-refractivity contribution in [1.82, 2.24) is 5.32 Å². The van der Waals surface area contributed by atoms with Crippen LogP contribution in [-0.4, -0.2) is 18.5 Å². The largest absolute Gasteiger partial charge is 0.436 e. The lowest BCUT2D eigenvalue weighted by molar-refractivity contribution is -0.195. The summed E-state index contributed by atoms with van der Waals surface area (Å²) in [7, 11) is 0. The van der Waals surface area contributed by atoms with E-state index in [0.29, 0.717) is 5.69 Å². The number of anilines is 1. The van der Waals surface area contributed by atoms with Crippen molar-refractivity contribution in [3.63, 3.8) is 0 Å². The third kappa shape index (κ3) is 2.54. The zero-order chi connectivity index (χ0) is 16.5. The van der Waals surface area contributed by atoms with Crippen molar-refractivity contribution in [2.75, 3.05) is 4.90 Å². The highest BCUT2D eigenvalue weighted by Gasteiger charge is 2.59. The molecule has 2 aromatic carbocycles. The molecule has 0 radical (unpaired) electrons. The molecule has 2 amide bonds. The van der Waals surface area contributed by atoms with Crippen LogP contribution in [0.3, 0.4) is 0 Å². The van der Waals surface area contributed by atoms with Crippen LogP contribution in [0, 0.1) is 0 Å². The second-order valence-electron chi connectivity index (χ2n) is 4.95. The van der Waals surface area contributed by atoms with E-state index < -0.39 is 17.9 Å². The van der Waals surface area contributed by atoms with Crippen molar-refractivity contribution in [2.45, 2.75) is 11.8 Å². The molecule has 1 atom stereocenters. The Morgan fingerprint density at radius 1 is 0.957 bits per heavy atom. The van der Waals surface area contributed by atoms with Crippen molar-refractivity contribution in [3.8, 4) is 0 Å². The summed E-state index contributed by atoms with van der Waals surface area (Å²) in [5, 5.41) is 2.00. The van der Waals surface area contributed by atoms with Gasteiger partial charge in [-0.1, -0.05) is 48.5 Å². The number of hydrogen-bond donors (Lipinski definition) is 1. The number of hydrogen-bond acceptors (Lipinski definition) is 2. The number of halogens is 3. The smallest absolute Gasteiger partial charge is 0.301 e. The first kappa shape index (κ1) is 15.1. The molecule has 0 aromatic heterocycles. The topological polar surface area (TPSA) is 44.7 Å². The third-order valence-corrected chi connectivity index (χ3v) is 3.51. The van der Waals surface area contributed by atoms with Gasteiger partial charge in [-0.05, 0) is 12.1 Å². The SMILES string of the molecule is O=C1NC(c2ccccc2)(C(F)(F)F)N=CN1c1ccccc1. The van der Waals surface area contributed by atoms with E-state index in [9.17, 15) is 18.0 Å². The number of nitrogens with zero attached hydrogens (tertiary/aromatic N) is 2. The van der Waals surface area contributed by atoms with Gasteiger partial charge < -0.3 is 5.32 Å². The van der Waals surface area contributed by atoms with Crippen LogP contribution in [0.4, 0.5) is 23.7 Å². The quantitative estimate of drug-likeness (QED) is 0.902. The van der Waals surface area contributed by atoms with E-state index in [1.54, 1.807) is 36.4 Å². The monoisotopic (exact) mass is 319 g/mol. The summed E-state index contributed by atoms with van der Waals surface area (Å²) in [4.78, 5) is 16.9. The van der Waals surface area contributed by atoms with Gasteiger partial charge in [0.1, 0.15) is 6.34 Å². The van der Waals surface area contributed by atoms with Gasteiger partial charge in [0.15, 0.2) is 0 Å². The molecular formula is C16H12F3N3O. The normalized spacial score (nSPS) is 21.2. The van der Waals surface area contributed by atoms with Crippen molar-refractivity contribution in [1.29, 1.82) is 0 Å². The molecule has 7 heteroatoms. The van der Waals surface area contributed by atoms with E-state index in [1.165, 1.54) is 24.3 Å². The Kier molecular flexibility index (Phi) is 3.55. The molecule has 23 heavy (non-hydrogen) atoms. The van der Waals surface area contributed by atoms with Gasteiger partial charge in [-0.2, -0.15) is 13.2 Å². The fourth-order valence-corrected chi connectivity index (χ4v) is 2.35. The molecule has 1 aliphatic rings. The maximum atomic E-state index is 13.6. The summed E-state index contributed by atoms with van der Waals surface area (Å²) in [5.41, 5.74) is -2.50. The minimum Gasteiger partial charge on any atom is -0.301 e. The van der Waals surface area contributed by atoms with Gasteiger partial charge >= 0.3 is 12.2 Å². The highest BCUT2D eigenvalue weighted by Crippen LogP contribution is 2.41. The lowest BCUT2D eigenvalue weighted by Gasteiger charge is -2.38. The molecule has 4 nitrogen and oxygen atoms in total. The second-order valence-corrected chi connectivity index (χ2v) is 4.95. The Morgan fingerprint density at radius 3 is 2.04 bits per heavy atom. The summed E-state index contributed by atoms with van der Waals surface area (Å²) in [5.74, 6) is 0. The predicted molar refractivity (Wildman–Crippen MR) is 80.1 cm³/mol. The van der Waals surface area contributed by atoms with E-state index in [-0.39, 0.29) is 5.56 Å². The van der Waals surface area contributed by atoms with Crippen LogP contribution in [0.5, 0.6) is 0 Å². The number of alkyl halides is 3. The lowest BCUT2D eigenvalue weighted by Crippen LogP contribution is -2.61. The number of urea groups is 1. The molecule has 0 saturated carbocycles. The van der Waals surface area contributed by atoms with Crippen LogP contribution in [0.25, 0.3) is 0 Å². The summed E-state index contributed by atoms with van der Waals surface area (Å²) in [6.07, 6.45) is -3.86. The van der Waals surface area contributed by atoms with Crippen LogP contribution < -0.4 is 10.2 Å². The Hall–Kier alpha value is -2.83. The first-order valence-corrected chi connectivity index (χ1v) is 6.78. The van der Waals surface area contributed by atoms with Crippen LogP contribution in [-0.2, 0) is 5.66 Å². The number of rotatable bonds is 2. The average Bonchev–Trinajstić information content (AvgIpc) is 2.55. The van der Waals surface area contributed by atoms with Gasteiger partial charge in [-0.3, -0.25) is 4.90 Å². The summed E-state index contributed by atoms with van der Waals surface area (Å²) in [6.45, 7) is 0. The second kappa shape index (κ2) is 5.42. The molecule has 1 unspecified atom stereocenters. The zero-order valence-corrected chi connectivity index (χ0v) is 11.8. The molecule has 1 heterocycles. The lowest BCUT2D eigenvalue weighted by atomic mass is 9.98. The van der Waals surface area contributed by atoms with Crippen molar-refractivity contribution < 1.29 is 18.0 Å². The van der Waals surface area contributed by atoms with Gasteiger partial charge in [0.25, 0.3) is 5.66 Å². The molecule has 0 aliphatic carbocycles. The number of benzene rings is 2. The number of nitrogens with one attached hydrogen (secondary N) is 1. The molecule has 1 aliphatic heterocycles. The molecule has 0 spiro atoms. The minimum absolute atomic E-state index is 0.148. The maximum Gasteiger partial charge on any atom is 0.436 e. The Balaban J connectivity index is 2.07. The first-order chi connectivity index (χ1) is 10.9. The molecule has 3 rings (SSSR count). The van der Waals surface area contributed by atoms with Gasteiger partial charge in [0.05, 0.1) is 5.69 Å². The van der Waals surface area contributed by atoms with E-state index in [2.05, 4.69) is 4.99 Å². The van der Waals surface area contributed by atoms with Gasteiger partial charge in [0.2, 0.25) is 0 Å². The number of amides is 2. The molecule has 118 valence electrons. The highest BCUT2D eigenvalue weighted by molar-refractivity contribution is 6.09. The Labute approximate surface area is 130 Å². The molecule has 2 aromatic rings. The fraction of sp³-hybridized carbons (Fsp3) is 0.125. The molecular weight excluding hydrogens is 307 g/mol. The Bertz CT molecular complexity index is 731. The number of para-hydroxylation sites is 1. The summed E-state index contributed by atoms with van der Waals surface area (Å²) < 4.78 is 40.9. The van der Waals surface area contributed by atoms with E-state index in [0.717, 1.165) is 11.2 Å². The molecule has 1 N–H and O–H groups in total. The van der Waals surface area contributed by atoms with Crippen molar-refractivity contribution in [3.05, 3.63) is 66.2 Å². The predicted octanol–water partition coefficient (Wildman–Crippen LogP) is 3.66. The summed E-state index contributed by atoms with van der Waals surface area (Å²) >= 11 is 0. The first-order valence-electron chi connectivity index (χ1n) is 6.78. The van der Waals surface area contributed by atoms with E-state index in [4.69, 9.17) is 0 Å². The Morgan fingerprint density at radius 2 is 1.52 bits per heavy atom. The van der Waals surface area contributed by atoms with Gasteiger partial charge in [0, 0.05) is 5.56 Å².